The van der Waals surface area contributed by atoms with Crippen LogP contribution >= 0.6 is 0 Å². The maximum Gasteiger partial charge on any atom is 0.229 e. The van der Waals surface area contributed by atoms with Gasteiger partial charge in [0.2, 0.25) is 5.89 Å². The first-order valence-electron chi connectivity index (χ1n) is 3.32. The predicted molar refractivity (Wildman–Crippen MR) is 37.7 cm³/mol. The summed E-state index contributed by atoms with van der Waals surface area (Å²) >= 11 is 0. The summed E-state index contributed by atoms with van der Waals surface area (Å²) in [7, 11) is 0. The highest BCUT2D eigenvalue weighted by molar-refractivity contribution is 4.86. The Hall–Kier alpha value is -0.940. The number of hydrogen-bond donors (Lipinski definition) is 2. The first-order chi connectivity index (χ1) is 5.14. The van der Waals surface area contributed by atoms with E-state index >= 15 is 0 Å². The number of hydrogen-bond acceptors (Lipinski definition) is 5. The van der Waals surface area contributed by atoms with E-state index in [-0.39, 0.29) is 6.54 Å². The van der Waals surface area contributed by atoms with Crippen LogP contribution in [0.1, 0.15) is 12.8 Å². The smallest absolute Gasteiger partial charge is 0.229 e. The van der Waals surface area contributed by atoms with Gasteiger partial charge in [0.15, 0.2) is 6.33 Å². The van der Waals surface area contributed by atoms with Crippen LogP contribution in [-0.2, 0) is 6.42 Å². The number of aliphatic hydroxyl groups is 1. The Bertz CT molecular complexity index is 208. The Labute approximate surface area is 64.2 Å². The second-order valence-corrected chi connectivity index (χ2v) is 2.71. The average molecular weight is 157 g/mol. The molecule has 0 amide bonds. The third kappa shape index (κ3) is 2.28. The molecule has 0 aliphatic carbocycles. The molecule has 0 saturated carbocycles. The standard InChI is InChI=1S/C6H11N3O2/c1-6(10,3-7)2-5-8-4-9-11-5/h4,10H,2-3,7H2,1H3. The molecular weight excluding hydrogens is 146 g/mol. The zero-order valence-electron chi connectivity index (χ0n) is 6.32. The number of aromatic nitrogens is 2. The van der Waals surface area contributed by atoms with Crippen LogP contribution in [0.25, 0.3) is 0 Å². The quantitative estimate of drug-likeness (QED) is 0.607. The van der Waals surface area contributed by atoms with Gasteiger partial charge < -0.3 is 15.4 Å². The molecule has 1 rings (SSSR count). The van der Waals surface area contributed by atoms with E-state index < -0.39 is 5.60 Å². The zero-order chi connectivity index (χ0) is 8.32. The molecule has 0 bridgehead atoms. The molecule has 0 fully saturated rings. The van der Waals surface area contributed by atoms with Crippen LogP contribution in [0.3, 0.4) is 0 Å². The van der Waals surface area contributed by atoms with Gasteiger partial charge in [0.1, 0.15) is 0 Å². The second-order valence-electron chi connectivity index (χ2n) is 2.71. The third-order valence-electron chi connectivity index (χ3n) is 1.38. The Kier molecular flexibility index (Phi) is 2.21. The summed E-state index contributed by atoms with van der Waals surface area (Å²) in [5.74, 6) is 0.403. The highest BCUT2D eigenvalue weighted by Crippen LogP contribution is 2.07. The fourth-order valence-electron chi connectivity index (χ4n) is 0.672. The van der Waals surface area contributed by atoms with E-state index in [0.29, 0.717) is 12.3 Å². The van der Waals surface area contributed by atoms with Gasteiger partial charge in [-0.05, 0) is 6.92 Å². The molecule has 5 heteroatoms. The molecule has 0 radical (unpaired) electrons. The Balaban J connectivity index is 2.56. The molecule has 1 aromatic rings. The summed E-state index contributed by atoms with van der Waals surface area (Å²) in [4.78, 5) is 3.76. The molecule has 1 atom stereocenters. The van der Waals surface area contributed by atoms with Crippen molar-refractivity contribution in [1.82, 2.24) is 10.1 Å². The van der Waals surface area contributed by atoms with Gasteiger partial charge in [-0.1, -0.05) is 5.16 Å². The fourth-order valence-corrected chi connectivity index (χ4v) is 0.672. The SMILES string of the molecule is CC(O)(CN)Cc1ncno1. The number of nitrogens with two attached hydrogens (primary N) is 1. The van der Waals surface area contributed by atoms with Crippen molar-refractivity contribution in [3.8, 4) is 0 Å². The molecule has 0 aliphatic rings. The lowest BCUT2D eigenvalue weighted by atomic mass is 10.0. The monoisotopic (exact) mass is 157 g/mol. The van der Waals surface area contributed by atoms with Gasteiger partial charge in [-0.25, -0.2) is 0 Å². The molecule has 1 aromatic heterocycles. The molecule has 0 aromatic carbocycles. The van der Waals surface area contributed by atoms with E-state index in [4.69, 9.17) is 10.3 Å². The molecule has 62 valence electrons. The Morgan fingerprint density at radius 3 is 3.00 bits per heavy atom. The zero-order valence-corrected chi connectivity index (χ0v) is 6.32. The maximum atomic E-state index is 9.44. The van der Waals surface area contributed by atoms with Gasteiger partial charge in [0, 0.05) is 6.54 Å². The van der Waals surface area contributed by atoms with Crippen molar-refractivity contribution in [3.05, 3.63) is 12.2 Å². The van der Waals surface area contributed by atoms with E-state index in [1.54, 1.807) is 6.92 Å². The van der Waals surface area contributed by atoms with Crippen molar-refractivity contribution >= 4 is 0 Å². The average Bonchev–Trinajstić information content (AvgIpc) is 2.39. The van der Waals surface area contributed by atoms with Gasteiger partial charge >= 0.3 is 0 Å². The lowest BCUT2D eigenvalue weighted by Gasteiger charge is -2.17. The summed E-state index contributed by atoms with van der Waals surface area (Å²) in [5.41, 5.74) is 4.33. The molecule has 1 heterocycles. The van der Waals surface area contributed by atoms with E-state index in [0.717, 1.165) is 0 Å². The molecule has 11 heavy (non-hydrogen) atoms. The van der Waals surface area contributed by atoms with Crippen molar-refractivity contribution in [3.63, 3.8) is 0 Å². The minimum atomic E-state index is -0.952. The minimum absolute atomic E-state index is 0.176. The largest absolute Gasteiger partial charge is 0.388 e. The van der Waals surface area contributed by atoms with Crippen molar-refractivity contribution in [1.29, 1.82) is 0 Å². The van der Waals surface area contributed by atoms with Crippen LogP contribution < -0.4 is 5.73 Å². The van der Waals surface area contributed by atoms with Crippen molar-refractivity contribution in [2.45, 2.75) is 18.9 Å². The summed E-state index contributed by atoms with van der Waals surface area (Å²) in [5, 5.41) is 12.8. The summed E-state index contributed by atoms with van der Waals surface area (Å²) < 4.78 is 4.69. The Morgan fingerprint density at radius 2 is 2.55 bits per heavy atom. The van der Waals surface area contributed by atoms with Crippen LogP contribution in [0.4, 0.5) is 0 Å². The molecule has 3 N–H and O–H groups in total. The van der Waals surface area contributed by atoms with Gasteiger partial charge in [-0.3, -0.25) is 0 Å². The van der Waals surface area contributed by atoms with Gasteiger partial charge in [0.05, 0.1) is 12.0 Å². The lowest BCUT2D eigenvalue weighted by molar-refractivity contribution is 0.0610. The van der Waals surface area contributed by atoms with Crippen LogP contribution in [0.5, 0.6) is 0 Å². The van der Waals surface area contributed by atoms with Gasteiger partial charge in [-0.15, -0.1) is 0 Å². The molecular formula is C6H11N3O2. The van der Waals surface area contributed by atoms with E-state index in [1.165, 1.54) is 6.33 Å². The van der Waals surface area contributed by atoms with Gasteiger partial charge in [-0.2, -0.15) is 4.98 Å². The molecule has 5 nitrogen and oxygen atoms in total. The highest BCUT2D eigenvalue weighted by atomic mass is 16.5. The van der Waals surface area contributed by atoms with Crippen molar-refractivity contribution in [2.24, 2.45) is 5.73 Å². The summed E-state index contributed by atoms with van der Waals surface area (Å²) in [6.07, 6.45) is 1.59. The fraction of sp³-hybridized carbons (Fsp3) is 0.667. The topological polar surface area (TPSA) is 85.2 Å². The van der Waals surface area contributed by atoms with E-state index in [2.05, 4.69) is 10.1 Å². The first kappa shape index (κ1) is 8.16. The minimum Gasteiger partial charge on any atom is -0.388 e. The number of rotatable bonds is 3. The Morgan fingerprint density at radius 1 is 1.82 bits per heavy atom. The summed E-state index contributed by atoms with van der Waals surface area (Å²) in [6.45, 7) is 1.80. The van der Waals surface area contributed by atoms with Crippen LogP contribution in [0, 0.1) is 0 Å². The maximum absolute atomic E-state index is 9.44. The molecule has 0 saturated heterocycles. The van der Waals surface area contributed by atoms with E-state index in [1.807, 2.05) is 0 Å². The van der Waals surface area contributed by atoms with Crippen LogP contribution in [0.15, 0.2) is 10.9 Å². The highest BCUT2D eigenvalue weighted by Gasteiger charge is 2.21. The first-order valence-corrected chi connectivity index (χ1v) is 3.32. The van der Waals surface area contributed by atoms with Crippen molar-refractivity contribution < 1.29 is 9.63 Å². The van der Waals surface area contributed by atoms with Gasteiger partial charge in [0.25, 0.3) is 0 Å². The lowest BCUT2D eigenvalue weighted by Crippen LogP contribution is -2.36. The summed E-state index contributed by atoms with van der Waals surface area (Å²) in [6, 6.07) is 0. The molecule has 1 unspecified atom stereocenters. The molecule has 0 aliphatic heterocycles. The second kappa shape index (κ2) is 2.98. The van der Waals surface area contributed by atoms with E-state index in [9.17, 15) is 5.11 Å². The van der Waals surface area contributed by atoms with Crippen LogP contribution in [-0.4, -0.2) is 27.4 Å². The normalized spacial score (nSPS) is 16.3. The molecule has 0 spiro atoms. The third-order valence-corrected chi connectivity index (χ3v) is 1.38. The predicted octanol–water partition coefficient (Wildman–Crippen LogP) is -0.678. The van der Waals surface area contributed by atoms with Crippen molar-refractivity contribution in [2.75, 3.05) is 6.54 Å². The number of nitrogens with zero attached hydrogens (tertiary/aromatic N) is 2. The van der Waals surface area contributed by atoms with Crippen LogP contribution in [0.2, 0.25) is 0 Å².